The van der Waals surface area contributed by atoms with Gasteiger partial charge in [0.05, 0.1) is 6.42 Å². The van der Waals surface area contributed by atoms with Crippen molar-refractivity contribution in [2.45, 2.75) is 31.3 Å². The summed E-state index contributed by atoms with van der Waals surface area (Å²) >= 11 is 0. The van der Waals surface area contributed by atoms with Gasteiger partial charge >= 0.3 is 5.97 Å². The van der Waals surface area contributed by atoms with Crippen LogP contribution in [-0.4, -0.2) is 46.4 Å². The highest BCUT2D eigenvalue weighted by Gasteiger charge is 2.43. The number of amides is 2. The number of hydrogen-bond acceptors (Lipinski definition) is 3. The number of aliphatic carboxylic acids is 1. The number of carboxylic acid groups (broad SMARTS) is 1. The Morgan fingerprint density at radius 1 is 1.53 bits per heavy atom. The minimum atomic E-state index is -1.08. The molecule has 2 atom stereocenters. The van der Waals surface area contributed by atoms with Crippen molar-refractivity contribution < 1.29 is 19.5 Å². The molecular formula is C9H12N2O4. The van der Waals surface area contributed by atoms with Crippen molar-refractivity contribution in [2.24, 2.45) is 0 Å². The van der Waals surface area contributed by atoms with Crippen molar-refractivity contribution in [3.8, 4) is 0 Å². The van der Waals surface area contributed by atoms with Crippen molar-refractivity contribution in [2.75, 3.05) is 6.54 Å². The first kappa shape index (κ1) is 9.95. The second kappa shape index (κ2) is 3.52. The van der Waals surface area contributed by atoms with Gasteiger partial charge in [-0.1, -0.05) is 0 Å². The van der Waals surface area contributed by atoms with E-state index in [1.54, 1.807) is 0 Å². The lowest BCUT2D eigenvalue weighted by Gasteiger charge is -2.33. The summed E-state index contributed by atoms with van der Waals surface area (Å²) in [4.78, 5) is 35.2. The minimum Gasteiger partial charge on any atom is -0.481 e. The van der Waals surface area contributed by atoms with Gasteiger partial charge < -0.3 is 15.3 Å². The lowest BCUT2D eigenvalue weighted by molar-refractivity contribution is -0.150. The van der Waals surface area contributed by atoms with E-state index in [9.17, 15) is 14.4 Å². The molecule has 15 heavy (non-hydrogen) atoms. The molecule has 2 heterocycles. The Kier molecular flexibility index (Phi) is 2.34. The first-order valence-corrected chi connectivity index (χ1v) is 4.92. The maximum Gasteiger partial charge on any atom is 0.305 e. The van der Waals surface area contributed by atoms with E-state index < -0.39 is 12.0 Å². The number of piperazine rings is 1. The van der Waals surface area contributed by atoms with Crippen molar-refractivity contribution in [3.05, 3.63) is 0 Å². The number of carbonyl (C=O) groups is 3. The maximum absolute atomic E-state index is 11.7. The molecule has 0 aromatic carbocycles. The second-order valence-corrected chi connectivity index (χ2v) is 3.85. The Morgan fingerprint density at radius 2 is 2.27 bits per heavy atom. The summed E-state index contributed by atoms with van der Waals surface area (Å²) in [6, 6.07) is -1.26. The van der Waals surface area contributed by atoms with E-state index in [2.05, 4.69) is 5.32 Å². The fourth-order valence-corrected chi connectivity index (χ4v) is 2.15. The maximum atomic E-state index is 11.7. The summed E-state index contributed by atoms with van der Waals surface area (Å²) in [6.45, 7) is 0.563. The summed E-state index contributed by atoms with van der Waals surface area (Å²) in [7, 11) is 0. The van der Waals surface area contributed by atoms with Gasteiger partial charge in [0, 0.05) is 6.54 Å². The molecule has 0 aromatic heterocycles. The molecule has 2 N–H and O–H groups in total. The number of nitrogens with one attached hydrogen (secondary N) is 1. The smallest absolute Gasteiger partial charge is 0.305 e. The largest absolute Gasteiger partial charge is 0.481 e. The third kappa shape index (κ3) is 1.67. The molecule has 2 amide bonds. The summed E-state index contributed by atoms with van der Waals surface area (Å²) < 4.78 is 0. The summed E-state index contributed by atoms with van der Waals surface area (Å²) in [6.07, 6.45) is 1.15. The van der Waals surface area contributed by atoms with Crippen molar-refractivity contribution in [3.63, 3.8) is 0 Å². The normalized spacial score (nSPS) is 30.0. The lowest BCUT2D eigenvalue weighted by atomic mass is 10.1. The molecule has 0 bridgehead atoms. The molecule has 2 rings (SSSR count). The van der Waals surface area contributed by atoms with Gasteiger partial charge in [-0.3, -0.25) is 14.4 Å². The Morgan fingerprint density at radius 3 is 2.93 bits per heavy atom. The molecule has 2 aliphatic rings. The van der Waals surface area contributed by atoms with Gasteiger partial charge in [-0.25, -0.2) is 0 Å². The third-order valence-corrected chi connectivity index (χ3v) is 2.83. The molecule has 0 aliphatic carbocycles. The van der Waals surface area contributed by atoms with Gasteiger partial charge in [-0.15, -0.1) is 0 Å². The van der Waals surface area contributed by atoms with E-state index >= 15 is 0 Å². The van der Waals surface area contributed by atoms with Crippen LogP contribution in [0.15, 0.2) is 0 Å². The highest BCUT2D eigenvalue weighted by Crippen LogP contribution is 2.22. The van der Waals surface area contributed by atoms with Gasteiger partial charge in [0.25, 0.3) is 0 Å². The predicted molar refractivity (Wildman–Crippen MR) is 48.9 cm³/mol. The Balaban J connectivity index is 2.13. The lowest BCUT2D eigenvalue weighted by Crippen LogP contribution is -2.61. The van der Waals surface area contributed by atoms with Crippen LogP contribution in [0, 0.1) is 0 Å². The van der Waals surface area contributed by atoms with Crippen LogP contribution in [-0.2, 0) is 14.4 Å². The van der Waals surface area contributed by atoms with Crippen molar-refractivity contribution in [1.82, 2.24) is 10.2 Å². The Bertz CT molecular complexity index is 328. The second-order valence-electron chi connectivity index (χ2n) is 3.85. The van der Waals surface area contributed by atoms with E-state index in [1.165, 1.54) is 4.90 Å². The number of carboxylic acids is 1. The van der Waals surface area contributed by atoms with Crippen LogP contribution >= 0.6 is 0 Å². The van der Waals surface area contributed by atoms with Crippen LogP contribution in [0.1, 0.15) is 19.3 Å². The average Bonchev–Trinajstić information content (AvgIpc) is 2.61. The monoisotopic (exact) mass is 212 g/mol. The van der Waals surface area contributed by atoms with E-state index in [0.717, 1.165) is 6.42 Å². The van der Waals surface area contributed by atoms with E-state index in [4.69, 9.17) is 5.11 Å². The minimum absolute atomic E-state index is 0.224. The predicted octanol–water partition coefficient (Wildman–Crippen LogP) is -1.05. The molecule has 0 aromatic rings. The molecular weight excluding hydrogens is 200 g/mol. The van der Waals surface area contributed by atoms with E-state index in [0.29, 0.717) is 13.0 Å². The van der Waals surface area contributed by atoms with Crippen LogP contribution in [0.4, 0.5) is 0 Å². The van der Waals surface area contributed by atoms with Crippen LogP contribution in [0.25, 0.3) is 0 Å². The fraction of sp³-hybridized carbons (Fsp3) is 0.667. The highest BCUT2D eigenvalue weighted by molar-refractivity contribution is 5.98. The van der Waals surface area contributed by atoms with Gasteiger partial charge in [0.15, 0.2) is 0 Å². The molecule has 2 aliphatic heterocycles. The van der Waals surface area contributed by atoms with Gasteiger partial charge in [0.1, 0.15) is 12.1 Å². The molecule has 82 valence electrons. The van der Waals surface area contributed by atoms with Crippen LogP contribution in [0.5, 0.6) is 0 Å². The first-order valence-electron chi connectivity index (χ1n) is 4.92. The van der Waals surface area contributed by atoms with Crippen molar-refractivity contribution >= 4 is 17.8 Å². The van der Waals surface area contributed by atoms with Gasteiger partial charge in [0.2, 0.25) is 11.8 Å². The van der Waals surface area contributed by atoms with Crippen LogP contribution in [0.2, 0.25) is 0 Å². The zero-order chi connectivity index (χ0) is 11.0. The van der Waals surface area contributed by atoms with Crippen LogP contribution < -0.4 is 5.32 Å². The summed E-state index contributed by atoms with van der Waals surface area (Å²) in [5.74, 6) is -1.57. The molecule has 6 nitrogen and oxygen atoms in total. The number of rotatable bonds is 2. The van der Waals surface area contributed by atoms with Crippen LogP contribution in [0.3, 0.4) is 0 Å². The number of nitrogens with zero attached hydrogens (tertiary/aromatic N) is 1. The zero-order valence-corrected chi connectivity index (χ0v) is 8.10. The summed E-state index contributed by atoms with van der Waals surface area (Å²) in [5, 5.41) is 11.0. The topological polar surface area (TPSA) is 86.7 Å². The summed E-state index contributed by atoms with van der Waals surface area (Å²) in [5.41, 5.74) is 0. The Labute approximate surface area is 86.2 Å². The van der Waals surface area contributed by atoms with E-state index in [-0.39, 0.29) is 24.3 Å². The molecule has 0 unspecified atom stereocenters. The first-order chi connectivity index (χ1) is 7.09. The van der Waals surface area contributed by atoms with Gasteiger partial charge in [-0.2, -0.15) is 0 Å². The van der Waals surface area contributed by atoms with Crippen molar-refractivity contribution in [1.29, 1.82) is 0 Å². The Hall–Kier alpha value is -1.59. The quantitative estimate of drug-likeness (QED) is 0.611. The number of hydrogen-bond donors (Lipinski definition) is 2. The SMILES string of the molecule is O=C(O)C[C@H]1NC(=O)[C@@H]2CCCN2C1=O. The van der Waals surface area contributed by atoms with E-state index in [1.807, 2.05) is 0 Å². The molecule has 2 fully saturated rings. The van der Waals surface area contributed by atoms with Gasteiger partial charge in [-0.05, 0) is 12.8 Å². The molecule has 0 saturated carbocycles. The molecule has 0 spiro atoms. The standard InChI is InChI=1S/C9H12N2O4/c12-7(13)4-5-9(15)11-3-1-2-6(11)8(14)10-5/h5-6H,1-4H2,(H,10,14)(H,12,13)/t5-,6+/m1/s1. The molecule has 0 radical (unpaired) electrons. The molecule has 2 saturated heterocycles. The average molecular weight is 212 g/mol. The third-order valence-electron chi connectivity index (χ3n) is 2.83. The zero-order valence-electron chi connectivity index (χ0n) is 8.10. The number of carbonyl (C=O) groups excluding carboxylic acids is 2. The number of fused-ring (bicyclic) bond motifs is 1. The molecule has 6 heteroatoms. The fourth-order valence-electron chi connectivity index (χ4n) is 2.15. The highest BCUT2D eigenvalue weighted by atomic mass is 16.4.